The number of carbonyl (C=O) groups excluding carboxylic acids is 2. The van der Waals surface area contributed by atoms with E-state index in [1.807, 2.05) is 0 Å². The van der Waals surface area contributed by atoms with Gasteiger partial charge in [0.15, 0.2) is 5.78 Å². The van der Waals surface area contributed by atoms with Crippen LogP contribution in [-0.4, -0.2) is 16.5 Å². The number of hydrogen-bond donors (Lipinski definition) is 0. The van der Waals surface area contributed by atoms with Gasteiger partial charge in [0.2, 0.25) is 5.78 Å². The molecule has 3 rings (SSSR count). The van der Waals surface area contributed by atoms with Crippen molar-refractivity contribution in [3.63, 3.8) is 0 Å². The molecule has 1 aliphatic carbocycles. The van der Waals surface area contributed by atoms with Gasteiger partial charge in [-0.25, -0.2) is 0 Å². The largest absolute Gasteiger partial charge is 0.289 e. The monoisotopic (exact) mass is 287 g/mol. The number of fused-ring (bicyclic) bond motifs is 2. The summed E-state index contributed by atoms with van der Waals surface area (Å²) in [6, 6.07) is 8.53. The SMILES string of the molecule is O=C1c2cccc(Cl)c2C(=O)c2c1cccc2[N+](=O)[O-]. The van der Waals surface area contributed by atoms with Gasteiger partial charge in [-0.05, 0) is 12.1 Å². The topological polar surface area (TPSA) is 77.3 Å². The second-order valence-electron chi connectivity index (χ2n) is 4.28. The van der Waals surface area contributed by atoms with Gasteiger partial charge in [-0.3, -0.25) is 19.7 Å². The number of nitro groups is 1. The summed E-state index contributed by atoms with van der Waals surface area (Å²) >= 11 is 5.96. The molecule has 20 heavy (non-hydrogen) atoms. The van der Waals surface area contributed by atoms with Crippen LogP contribution in [0.2, 0.25) is 5.02 Å². The van der Waals surface area contributed by atoms with Crippen molar-refractivity contribution < 1.29 is 14.5 Å². The number of ketones is 2. The van der Waals surface area contributed by atoms with Crippen molar-refractivity contribution >= 4 is 28.9 Å². The Balaban J connectivity index is 2.39. The Bertz CT molecular complexity index is 798. The minimum absolute atomic E-state index is 0.0287. The van der Waals surface area contributed by atoms with E-state index in [1.165, 1.54) is 30.3 Å². The predicted octanol–water partition coefficient (Wildman–Crippen LogP) is 3.02. The molecule has 0 bridgehead atoms. The van der Waals surface area contributed by atoms with Crippen molar-refractivity contribution in [3.8, 4) is 0 Å². The summed E-state index contributed by atoms with van der Waals surface area (Å²) in [6.45, 7) is 0. The highest BCUT2D eigenvalue weighted by molar-refractivity contribution is 6.39. The van der Waals surface area contributed by atoms with E-state index in [9.17, 15) is 19.7 Å². The highest BCUT2D eigenvalue weighted by Crippen LogP contribution is 2.35. The highest BCUT2D eigenvalue weighted by Gasteiger charge is 2.36. The number of carbonyl (C=O) groups is 2. The summed E-state index contributed by atoms with van der Waals surface area (Å²) in [6.07, 6.45) is 0. The molecule has 6 heteroatoms. The van der Waals surface area contributed by atoms with Crippen LogP contribution >= 0.6 is 11.6 Å². The molecular formula is C14H6ClNO4. The molecule has 0 aromatic heterocycles. The second-order valence-corrected chi connectivity index (χ2v) is 4.68. The van der Waals surface area contributed by atoms with E-state index in [2.05, 4.69) is 0 Å². The lowest BCUT2D eigenvalue weighted by molar-refractivity contribution is -0.385. The normalized spacial score (nSPS) is 12.8. The Morgan fingerprint density at radius 2 is 1.50 bits per heavy atom. The third-order valence-corrected chi connectivity index (χ3v) is 3.51. The third kappa shape index (κ3) is 1.57. The lowest BCUT2D eigenvalue weighted by Gasteiger charge is -2.17. The number of nitrogens with zero attached hydrogens (tertiary/aromatic N) is 1. The lowest BCUT2D eigenvalue weighted by Crippen LogP contribution is -2.22. The van der Waals surface area contributed by atoms with Gasteiger partial charge in [0, 0.05) is 17.2 Å². The number of nitro benzene ring substituents is 1. The van der Waals surface area contributed by atoms with E-state index in [0.29, 0.717) is 0 Å². The molecule has 2 aromatic carbocycles. The zero-order valence-corrected chi connectivity index (χ0v) is 10.7. The van der Waals surface area contributed by atoms with Crippen molar-refractivity contribution in [2.24, 2.45) is 0 Å². The molecule has 0 saturated carbocycles. The average Bonchev–Trinajstić information content (AvgIpc) is 2.43. The molecule has 1 aliphatic rings. The van der Waals surface area contributed by atoms with Crippen molar-refractivity contribution in [1.82, 2.24) is 0 Å². The van der Waals surface area contributed by atoms with Crippen molar-refractivity contribution in [3.05, 3.63) is 73.8 Å². The van der Waals surface area contributed by atoms with Crippen LogP contribution in [0.15, 0.2) is 36.4 Å². The van der Waals surface area contributed by atoms with Crippen molar-refractivity contribution in [2.75, 3.05) is 0 Å². The van der Waals surface area contributed by atoms with Crippen LogP contribution in [-0.2, 0) is 0 Å². The smallest absolute Gasteiger partial charge is 0.281 e. The molecule has 0 N–H and O–H groups in total. The first-order chi connectivity index (χ1) is 9.52. The average molecular weight is 288 g/mol. The van der Waals surface area contributed by atoms with Crippen LogP contribution < -0.4 is 0 Å². The summed E-state index contributed by atoms with van der Waals surface area (Å²) in [7, 11) is 0. The minimum Gasteiger partial charge on any atom is -0.289 e. The molecular weight excluding hydrogens is 282 g/mol. The van der Waals surface area contributed by atoms with E-state index >= 15 is 0 Å². The van der Waals surface area contributed by atoms with Crippen LogP contribution in [0.25, 0.3) is 0 Å². The predicted molar refractivity (Wildman–Crippen MR) is 71.4 cm³/mol. The van der Waals surface area contributed by atoms with Crippen molar-refractivity contribution in [2.45, 2.75) is 0 Å². The van der Waals surface area contributed by atoms with E-state index in [4.69, 9.17) is 11.6 Å². The Kier molecular flexibility index (Phi) is 2.65. The van der Waals surface area contributed by atoms with Gasteiger partial charge < -0.3 is 0 Å². The number of halogens is 1. The van der Waals surface area contributed by atoms with E-state index in [0.717, 1.165) is 0 Å². The Morgan fingerprint density at radius 1 is 0.900 bits per heavy atom. The first kappa shape index (κ1) is 12.5. The molecule has 0 atom stereocenters. The van der Waals surface area contributed by atoms with Crippen LogP contribution in [0.4, 0.5) is 5.69 Å². The molecule has 0 fully saturated rings. The minimum atomic E-state index is -0.675. The maximum Gasteiger partial charge on any atom is 0.281 e. The fraction of sp³-hybridized carbons (Fsp3) is 0. The van der Waals surface area contributed by atoms with Crippen molar-refractivity contribution in [1.29, 1.82) is 0 Å². The van der Waals surface area contributed by atoms with E-state index in [1.54, 1.807) is 6.07 Å². The number of benzene rings is 2. The molecule has 0 amide bonds. The molecule has 98 valence electrons. The lowest BCUT2D eigenvalue weighted by atomic mass is 9.83. The van der Waals surface area contributed by atoms with Gasteiger partial charge in [-0.1, -0.05) is 29.8 Å². The maximum absolute atomic E-state index is 12.5. The van der Waals surface area contributed by atoms with Gasteiger partial charge in [-0.2, -0.15) is 0 Å². The number of hydrogen-bond acceptors (Lipinski definition) is 4. The quantitative estimate of drug-likeness (QED) is 0.509. The first-order valence-corrected chi connectivity index (χ1v) is 6.05. The summed E-state index contributed by atoms with van der Waals surface area (Å²) < 4.78 is 0. The number of rotatable bonds is 1. The highest BCUT2D eigenvalue weighted by atomic mass is 35.5. The van der Waals surface area contributed by atoms with Crippen LogP contribution in [0.5, 0.6) is 0 Å². The molecule has 0 unspecified atom stereocenters. The Labute approximate surface area is 117 Å². The summed E-state index contributed by atoms with van der Waals surface area (Å²) in [5, 5.41) is 11.1. The fourth-order valence-electron chi connectivity index (χ4n) is 2.33. The molecule has 0 aliphatic heterocycles. The summed E-state index contributed by atoms with van der Waals surface area (Å²) in [5.41, 5.74) is -0.329. The van der Waals surface area contributed by atoms with Gasteiger partial charge >= 0.3 is 0 Å². The molecule has 0 heterocycles. The van der Waals surface area contributed by atoms with Gasteiger partial charge in [0.25, 0.3) is 5.69 Å². The summed E-state index contributed by atoms with van der Waals surface area (Å²) in [5.74, 6) is -1.02. The molecule has 0 saturated heterocycles. The molecule has 5 nitrogen and oxygen atoms in total. The summed E-state index contributed by atoms with van der Waals surface area (Å²) in [4.78, 5) is 35.2. The second kappa shape index (κ2) is 4.25. The molecule has 2 aromatic rings. The van der Waals surface area contributed by atoms with Crippen LogP contribution in [0.3, 0.4) is 0 Å². The fourth-order valence-corrected chi connectivity index (χ4v) is 2.59. The molecule has 0 spiro atoms. The third-order valence-electron chi connectivity index (χ3n) is 3.20. The first-order valence-electron chi connectivity index (χ1n) is 5.67. The van der Waals surface area contributed by atoms with Crippen LogP contribution in [0, 0.1) is 10.1 Å². The van der Waals surface area contributed by atoms with Crippen LogP contribution in [0.1, 0.15) is 31.8 Å². The van der Waals surface area contributed by atoms with Gasteiger partial charge in [0.1, 0.15) is 5.56 Å². The zero-order valence-electron chi connectivity index (χ0n) is 9.92. The maximum atomic E-state index is 12.5. The standard InChI is InChI=1S/C14H6ClNO4/c15-9-5-1-3-7-11(9)14(18)12-8(13(7)17)4-2-6-10(12)16(19)20/h1-6H. The zero-order chi connectivity index (χ0) is 14.4. The van der Waals surface area contributed by atoms with E-state index < -0.39 is 16.5 Å². The Morgan fingerprint density at radius 3 is 2.15 bits per heavy atom. The van der Waals surface area contributed by atoms with Gasteiger partial charge in [-0.15, -0.1) is 0 Å². The van der Waals surface area contributed by atoms with Gasteiger partial charge in [0.05, 0.1) is 15.5 Å². The Hall–Kier alpha value is -2.53. The molecule has 0 radical (unpaired) electrons. The van der Waals surface area contributed by atoms with E-state index in [-0.39, 0.29) is 33.0 Å².